The van der Waals surface area contributed by atoms with Crippen molar-refractivity contribution >= 4 is 17.5 Å². The summed E-state index contributed by atoms with van der Waals surface area (Å²) in [6.07, 6.45) is 1.93. The molecule has 0 radical (unpaired) electrons. The van der Waals surface area contributed by atoms with Gasteiger partial charge in [-0.15, -0.1) is 0 Å². The van der Waals surface area contributed by atoms with E-state index in [-0.39, 0.29) is 30.4 Å². The SMILES string of the molecule is CNC(C)CNC(=O)COc1cccc(NC(=O)C2CC2)c1. The zero-order chi connectivity index (χ0) is 15.9. The molecule has 0 heterocycles. The van der Waals surface area contributed by atoms with E-state index >= 15 is 0 Å². The third-order valence-corrected chi connectivity index (χ3v) is 3.52. The molecule has 0 bridgehead atoms. The maximum atomic E-state index is 11.7. The Morgan fingerprint density at radius 3 is 2.82 bits per heavy atom. The summed E-state index contributed by atoms with van der Waals surface area (Å²) < 4.78 is 5.45. The van der Waals surface area contributed by atoms with E-state index in [1.54, 1.807) is 18.2 Å². The minimum Gasteiger partial charge on any atom is -0.484 e. The van der Waals surface area contributed by atoms with Crippen LogP contribution in [-0.4, -0.2) is 38.1 Å². The number of carbonyl (C=O) groups excluding carboxylic acids is 2. The van der Waals surface area contributed by atoms with Gasteiger partial charge in [0, 0.05) is 30.3 Å². The lowest BCUT2D eigenvalue weighted by Gasteiger charge is -2.12. The van der Waals surface area contributed by atoms with E-state index in [1.807, 2.05) is 20.0 Å². The normalized spacial score (nSPS) is 15.0. The van der Waals surface area contributed by atoms with Crippen LogP contribution in [0.4, 0.5) is 5.69 Å². The number of hydrogen-bond acceptors (Lipinski definition) is 4. The van der Waals surface area contributed by atoms with Gasteiger partial charge in [-0.1, -0.05) is 6.07 Å². The van der Waals surface area contributed by atoms with Crippen molar-refractivity contribution < 1.29 is 14.3 Å². The minimum absolute atomic E-state index is 0.0452. The van der Waals surface area contributed by atoms with Crippen molar-refractivity contribution in [3.8, 4) is 5.75 Å². The Bertz CT molecular complexity index is 529. The highest BCUT2D eigenvalue weighted by molar-refractivity contribution is 5.94. The minimum atomic E-state index is -0.172. The Morgan fingerprint density at radius 1 is 1.36 bits per heavy atom. The van der Waals surface area contributed by atoms with Crippen LogP contribution in [0.5, 0.6) is 5.75 Å². The molecule has 120 valence electrons. The van der Waals surface area contributed by atoms with Gasteiger partial charge in [0.05, 0.1) is 0 Å². The van der Waals surface area contributed by atoms with E-state index < -0.39 is 0 Å². The predicted molar refractivity (Wildman–Crippen MR) is 84.8 cm³/mol. The molecule has 1 aliphatic carbocycles. The van der Waals surface area contributed by atoms with E-state index in [0.717, 1.165) is 12.8 Å². The quantitative estimate of drug-likeness (QED) is 0.673. The Kier molecular flexibility index (Phi) is 5.77. The molecular formula is C16H23N3O3. The summed E-state index contributed by atoms with van der Waals surface area (Å²) in [5.74, 6) is 0.598. The molecule has 3 N–H and O–H groups in total. The van der Waals surface area contributed by atoms with Gasteiger partial charge in [-0.25, -0.2) is 0 Å². The number of likely N-dealkylation sites (N-methyl/N-ethyl adjacent to an activating group) is 1. The number of hydrogen-bond donors (Lipinski definition) is 3. The van der Waals surface area contributed by atoms with Gasteiger partial charge in [-0.3, -0.25) is 9.59 Å². The average molecular weight is 305 g/mol. The van der Waals surface area contributed by atoms with Crippen LogP contribution < -0.4 is 20.7 Å². The van der Waals surface area contributed by atoms with Gasteiger partial charge < -0.3 is 20.7 Å². The number of rotatable bonds is 8. The number of benzene rings is 1. The van der Waals surface area contributed by atoms with Crippen LogP contribution in [-0.2, 0) is 9.59 Å². The standard InChI is InChI=1S/C16H23N3O3/c1-11(17-2)9-18-15(20)10-22-14-5-3-4-13(8-14)19-16(21)12-6-7-12/h3-5,8,11-12,17H,6-7,9-10H2,1-2H3,(H,18,20)(H,19,21). The molecule has 6 heteroatoms. The van der Waals surface area contributed by atoms with E-state index in [9.17, 15) is 9.59 Å². The summed E-state index contributed by atoms with van der Waals surface area (Å²) in [7, 11) is 1.84. The predicted octanol–water partition coefficient (Wildman–Crippen LogP) is 1.14. The Hall–Kier alpha value is -2.08. The van der Waals surface area contributed by atoms with Crippen LogP contribution in [0.2, 0.25) is 0 Å². The molecule has 1 atom stereocenters. The second kappa shape index (κ2) is 7.79. The number of nitrogens with one attached hydrogen (secondary N) is 3. The fourth-order valence-corrected chi connectivity index (χ4v) is 1.82. The third-order valence-electron chi connectivity index (χ3n) is 3.52. The fraction of sp³-hybridized carbons (Fsp3) is 0.500. The van der Waals surface area contributed by atoms with Crippen LogP contribution in [0.25, 0.3) is 0 Å². The molecule has 1 saturated carbocycles. The van der Waals surface area contributed by atoms with Crippen molar-refractivity contribution in [1.29, 1.82) is 0 Å². The topological polar surface area (TPSA) is 79.5 Å². The first kappa shape index (κ1) is 16.3. The van der Waals surface area contributed by atoms with Crippen molar-refractivity contribution in [1.82, 2.24) is 10.6 Å². The zero-order valence-electron chi connectivity index (χ0n) is 13.0. The van der Waals surface area contributed by atoms with Gasteiger partial charge in [0.2, 0.25) is 5.91 Å². The van der Waals surface area contributed by atoms with Gasteiger partial charge in [0.1, 0.15) is 5.75 Å². The highest BCUT2D eigenvalue weighted by Gasteiger charge is 2.29. The first-order chi connectivity index (χ1) is 10.6. The highest BCUT2D eigenvalue weighted by atomic mass is 16.5. The number of amides is 2. The van der Waals surface area contributed by atoms with Crippen LogP contribution in [0.15, 0.2) is 24.3 Å². The van der Waals surface area contributed by atoms with E-state index in [1.165, 1.54) is 0 Å². The van der Waals surface area contributed by atoms with Crippen LogP contribution >= 0.6 is 0 Å². The van der Waals surface area contributed by atoms with Crippen molar-refractivity contribution in [3.05, 3.63) is 24.3 Å². The van der Waals surface area contributed by atoms with E-state index in [0.29, 0.717) is 18.0 Å². The van der Waals surface area contributed by atoms with Crippen molar-refractivity contribution in [3.63, 3.8) is 0 Å². The van der Waals surface area contributed by atoms with Gasteiger partial charge in [-0.2, -0.15) is 0 Å². The van der Waals surface area contributed by atoms with E-state index in [4.69, 9.17) is 4.74 Å². The Labute approximate surface area is 130 Å². The number of carbonyl (C=O) groups is 2. The molecule has 0 aliphatic heterocycles. The highest BCUT2D eigenvalue weighted by Crippen LogP contribution is 2.30. The second-order valence-electron chi connectivity index (χ2n) is 5.57. The lowest BCUT2D eigenvalue weighted by atomic mass is 10.3. The van der Waals surface area contributed by atoms with Crippen molar-refractivity contribution in [2.75, 3.05) is 25.5 Å². The summed E-state index contributed by atoms with van der Waals surface area (Å²) >= 11 is 0. The smallest absolute Gasteiger partial charge is 0.257 e. The fourth-order valence-electron chi connectivity index (χ4n) is 1.82. The second-order valence-corrected chi connectivity index (χ2v) is 5.57. The van der Waals surface area contributed by atoms with Gasteiger partial charge in [-0.05, 0) is 38.9 Å². The molecule has 1 aliphatic rings. The van der Waals surface area contributed by atoms with Crippen LogP contribution in [0, 0.1) is 5.92 Å². The molecular weight excluding hydrogens is 282 g/mol. The lowest BCUT2D eigenvalue weighted by molar-refractivity contribution is -0.123. The largest absolute Gasteiger partial charge is 0.484 e. The summed E-state index contributed by atoms with van der Waals surface area (Å²) in [4.78, 5) is 23.4. The summed E-state index contributed by atoms with van der Waals surface area (Å²) in [5, 5.41) is 8.67. The van der Waals surface area contributed by atoms with Gasteiger partial charge >= 0.3 is 0 Å². The monoisotopic (exact) mass is 305 g/mol. The number of ether oxygens (including phenoxy) is 1. The first-order valence-corrected chi connectivity index (χ1v) is 7.56. The molecule has 1 unspecified atom stereocenters. The number of anilines is 1. The molecule has 6 nitrogen and oxygen atoms in total. The summed E-state index contributed by atoms with van der Waals surface area (Å²) in [5.41, 5.74) is 0.693. The molecule has 1 aromatic carbocycles. The summed E-state index contributed by atoms with van der Waals surface area (Å²) in [6.45, 7) is 2.49. The average Bonchev–Trinajstić information content (AvgIpc) is 3.35. The zero-order valence-corrected chi connectivity index (χ0v) is 13.0. The Balaban J connectivity index is 1.77. The molecule has 22 heavy (non-hydrogen) atoms. The molecule has 1 fully saturated rings. The molecule has 2 rings (SSSR count). The molecule has 0 spiro atoms. The molecule has 0 aromatic heterocycles. The lowest BCUT2D eigenvalue weighted by Crippen LogP contribution is -2.39. The first-order valence-electron chi connectivity index (χ1n) is 7.56. The molecule has 1 aromatic rings. The van der Waals surface area contributed by atoms with Gasteiger partial charge in [0.25, 0.3) is 5.91 Å². The maximum Gasteiger partial charge on any atom is 0.257 e. The van der Waals surface area contributed by atoms with E-state index in [2.05, 4.69) is 16.0 Å². The molecule has 2 amide bonds. The summed E-state index contributed by atoms with van der Waals surface area (Å²) in [6, 6.07) is 7.30. The van der Waals surface area contributed by atoms with Gasteiger partial charge in [0.15, 0.2) is 6.61 Å². The van der Waals surface area contributed by atoms with Crippen LogP contribution in [0.3, 0.4) is 0 Å². The Morgan fingerprint density at radius 2 is 2.14 bits per heavy atom. The van der Waals surface area contributed by atoms with Crippen molar-refractivity contribution in [2.45, 2.75) is 25.8 Å². The third kappa shape index (κ3) is 5.37. The van der Waals surface area contributed by atoms with Crippen molar-refractivity contribution in [2.24, 2.45) is 5.92 Å². The maximum absolute atomic E-state index is 11.7. The molecule has 0 saturated heterocycles. The van der Waals surface area contributed by atoms with Crippen LogP contribution in [0.1, 0.15) is 19.8 Å².